The number of alkyl halides is 2. The lowest BCUT2D eigenvalue weighted by molar-refractivity contribution is -0.0512. The fourth-order valence-electron chi connectivity index (χ4n) is 2.71. The molecule has 1 amide bonds. The number of amides is 1. The molecule has 0 radical (unpaired) electrons. The molecule has 6 nitrogen and oxygen atoms in total. The van der Waals surface area contributed by atoms with Gasteiger partial charge in [0.05, 0.1) is 17.7 Å². The van der Waals surface area contributed by atoms with Crippen LogP contribution in [-0.4, -0.2) is 31.2 Å². The highest BCUT2D eigenvalue weighted by Crippen LogP contribution is 2.29. The number of carbonyl (C=O) groups excluding carboxylic acids is 1. The first kappa shape index (κ1) is 20.5. The molecule has 0 spiro atoms. The van der Waals surface area contributed by atoms with Gasteiger partial charge in [-0.2, -0.15) is 8.78 Å². The minimum absolute atomic E-state index is 0.00163. The predicted octanol–water partition coefficient (Wildman–Crippen LogP) is 3.69. The van der Waals surface area contributed by atoms with Gasteiger partial charge < -0.3 is 19.8 Å². The third kappa shape index (κ3) is 5.20. The molecule has 0 bridgehead atoms. The first-order chi connectivity index (χ1) is 14.0. The number of ether oxygens (including phenoxy) is 2. The fourth-order valence-corrected chi connectivity index (χ4v) is 3.42. The molecule has 0 saturated heterocycles. The highest BCUT2D eigenvalue weighted by atomic mass is 32.1. The van der Waals surface area contributed by atoms with E-state index in [9.17, 15) is 18.4 Å². The van der Waals surface area contributed by atoms with Gasteiger partial charge in [0.15, 0.2) is 11.5 Å². The maximum atomic E-state index is 12.5. The van der Waals surface area contributed by atoms with Crippen LogP contribution in [0.2, 0.25) is 0 Å². The summed E-state index contributed by atoms with van der Waals surface area (Å²) in [6, 6.07) is 11.5. The lowest BCUT2D eigenvalue weighted by Gasteiger charge is -2.12. The average molecular weight is 420 g/mol. The number of pyridine rings is 1. The van der Waals surface area contributed by atoms with E-state index in [4.69, 9.17) is 4.74 Å². The Morgan fingerprint density at radius 3 is 2.69 bits per heavy atom. The summed E-state index contributed by atoms with van der Waals surface area (Å²) in [6.07, 6.45) is 0.362. The molecule has 0 saturated carbocycles. The molecule has 2 aromatic heterocycles. The van der Waals surface area contributed by atoms with Gasteiger partial charge in [-0.3, -0.25) is 9.59 Å². The van der Waals surface area contributed by atoms with Gasteiger partial charge in [-0.05, 0) is 47.7 Å². The van der Waals surface area contributed by atoms with Gasteiger partial charge in [0, 0.05) is 6.54 Å². The van der Waals surface area contributed by atoms with Crippen molar-refractivity contribution >= 4 is 17.2 Å². The lowest BCUT2D eigenvalue weighted by Crippen LogP contribution is -2.31. The third-order valence-corrected chi connectivity index (χ3v) is 4.99. The van der Waals surface area contributed by atoms with Gasteiger partial charge in [-0.15, -0.1) is 11.3 Å². The summed E-state index contributed by atoms with van der Waals surface area (Å²) < 4.78 is 34.4. The quantitative estimate of drug-likeness (QED) is 0.583. The Morgan fingerprint density at radius 1 is 1.21 bits per heavy atom. The second-order valence-electron chi connectivity index (χ2n) is 5.96. The molecule has 0 aliphatic rings. The van der Waals surface area contributed by atoms with Crippen LogP contribution in [0.1, 0.15) is 15.9 Å². The van der Waals surface area contributed by atoms with E-state index in [1.807, 2.05) is 17.5 Å². The van der Waals surface area contributed by atoms with Gasteiger partial charge in [-0.25, -0.2) is 0 Å². The zero-order valence-electron chi connectivity index (χ0n) is 15.4. The van der Waals surface area contributed by atoms with Crippen molar-refractivity contribution in [3.05, 3.63) is 69.3 Å². The molecule has 2 heterocycles. The van der Waals surface area contributed by atoms with Crippen molar-refractivity contribution in [1.82, 2.24) is 10.3 Å². The van der Waals surface area contributed by atoms with E-state index in [0.717, 1.165) is 4.88 Å². The highest BCUT2D eigenvalue weighted by Gasteiger charge is 2.13. The van der Waals surface area contributed by atoms with Crippen LogP contribution in [0.15, 0.2) is 52.6 Å². The summed E-state index contributed by atoms with van der Waals surface area (Å²) in [7, 11) is 1.36. The number of hydrogen-bond acceptors (Lipinski definition) is 5. The minimum atomic E-state index is -2.97. The molecule has 9 heteroatoms. The molecular weight excluding hydrogens is 402 g/mol. The van der Waals surface area contributed by atoms with E-state index in [2.05, 4.69) is 15.0 Å². The van der Waals surface area contributed by atoms with Crippen LogP contribution in [0.4, 0.5) is 8.78 Å². The van der Waals surface area contributed by atoms with Gasteiger partial charge >= 0.3 is 6.61 Å². The second-order valence-corrected chi connectivity index (χ2v) is 6.91. The number of aromatic nitrogens is 1. The smallest absolute Gasteiger partial charge is 0.387 e. The topological polar surface area (TPSA) is 80.4 Å². The van der Waals surface area contributed by atoms with Gasteiger partial charge in [0.25, 0.3) is 11.5 Å². The average Bonchev–Trinajstić information content (AvgIpc) is 3.22. The van der Waals surface area contributed by atoms with Gasteiger partial charge in [0.1, 0.15) is 5.56 Å². The predicted molar refractivity (Wildman–Crippen MR) is 106 cm³/mol. The molecule has 3 rings (SSSR count). The van der Waals surface area contributed by atoms with E-state index in [-0.39, 0.29) is 23.6 Å². The van der Waals surface area contributed by atoms with Crippen molar-refractivity contribution in [3.63, 3.8) is 0 Å². The van der Waals surface area contributed by atoms with E-state index in [1.54, 1.807) is 12.1 Å². The van der Waals surface area contributed by atoms with Crippen LogP contribution >= 0.6 is 11.3 Å². The summed E-state index contributed by atoms with van der Waals surface area (Å²) in [5, 5.41) is 4.55. The molecule has 152 valence electrons. The monoisotopic (exact) mass is 420 g/mol. The van der Waals surface area contributed by atoms with Crippen LogP contribution in [0, 0.1) is 0 Å². The zero-order chi connectivity index (χ0) is 20.8. The maximum absolute atomic E-state index is 12.5. The Hall–Kier alpha value is -3.20. The number of thiophene rings is 1. The first-order valence-electron chi connectivity index (χ1n) is 8.65. The van der Waals surface area contributed by atoms with Crippen molar-refractivity contribution in [2.45, 2.75) is 13.0 Å². The van der Waals surface area contributed by atoms with E-state index < -0.39 is 18.1 Å². The Balaban J connectivity index is 1.62. The number of halogens is 2. The number of rotatable bonds is 8. The van der Waals surface area contributed by atoms with Crippen molar-refractivity contribution in [2.75, 3.05) is 13.7 Å². The molecule has 1 aromatic carbocycles. The molecule has 29 heavy (non-hydrogen) atoms. The summed E-state index contributed by atoms with van der Waals surface area (Å²) in [4.78, 5) is 28.1. The largest absolute Gasteiger partial charge is 0.493 e. The summed E-state index contributed by atoms with van der Waals surface area (Å²) in [5.41, 5.74) is 0.835. The molecule has 3 aromatic rings. The normalized spacial score (nSPS) is 10.8. The number of hydrogen-bond donors (Lipinski definition) is 2. The molecule has 0 aliphatic carbocycles. The number of aromatic amines is 1. The number of carbonyl (C=O) groups is 1. The van der Waals surface area contributed by atoms with Crippen LogP contribution in [0.5, 0.6) is 11.5 Å². The van der Waals surface area contributed by atoms with Gasteiger partial charge in [-0.1, -0.05) is 12.1 Å². The van der Waals surface area contributed by atoms with E-state index >= 15 is 0 Å². The van der Waals surface area contributed by atoms with Crippen molar-refractivity contribution < 1.29 is 23.0 Å². The Bertz CT molecular complexity index is 1040. The minimum Gasteiger partial charge on any atom is -0.493 e. The van der Waals surface area contributed by atoms with Crippen LogP contribution in [0.25, 0.3) is 10.6 Å². The fraction of sp³-hybridized carbons (Fsp3) is 0.200. The number of methoxy groups -OCH3 is 1. The van der Waals surface area contributed by atoms with Crippen LogP contribution in [-0.2, 0) is 6.42 Å². The van der Waals surface area contributed by atoms with Crippen molar-refractivity contribution in [1.29, 1.82) is 0 Å². The standard InChI is InChI=1S/C20H18F2N2O4S/c1-27-15-7-4-12(11-16(15)28-20(21)22)8-9-23-18(25)13-5-6-14(24-19(13)26)17-3-2-10-29-17/h2-7,10-11,20H,8-9H2,1H3,(H,23,25)(H,24,26). The third-order valence-electron chi connectivity index (χ3n) is 4.08. The molecule has 2 N–H and O–H groups in total. The summed E-state index contributed by atoms with van der Waals surface area (Å²) in [6.45, 7) is -2.76. The molecule has 0 unspecified atom stereocenters. The Kier molecular flexibility index (Phi) is 6.61. The van der Waals surface area contributed by atoms with E-state index in [0.29, 0.717) is 17.7 Å². The second kappa shape index (κ2) is 9.33. The summed E-state index contributed by atoms with van der Waals surface area (Å²) >= 11 is 1.48. The van der Waals surface area contributed by atoms with Crippen LogP contribution in [0.3, 0.4) is 0 Å². The number of benzene rings is 1. The SMILES string of the molecule is COc1ccc(CCNC(=O)c2ccc(-c3cccs3)[nH]c2=O)cc1OC(F)F. The maximum Gasteiger partial charge on any atom is 0.387 e. The molecule has 0 aliphatic heterocycles. The van der Waals surface area contributed by atoms with Crippen LogP contribution < -0.4 is 20.3 Å². The van der Waals surface area contributed by atoms with Crippen molar-refractivity contribution in [3.8, 4) is 22.1 Å². The van der Waals surface area contributed by atoms with E-state index in [1.165, 1.54) is 36.6 Å². The Labute approximate surface area is 169 Å². The Morgan fingerprint density at radius 2 is 2.03 bits per heavy atom. The molecule has 0 fully saturated rings. The highest BCUT2D eigenvalue weighted by molar-refractivity contribution is 7.13. The first-order valence-corrected chi connectivity index (χ1v) is 9.53. The summed E-state index contributed by atoms with van der Waals surface area (Å²) in [5.74, 6) is -0.399. The number of nitrogens with one attached hydrogen (secondary N) is 2. The zero-order valence-corrected chi connectivity index (χ0v) is 16.2. The molecular formula is C20H18F2N2O4S. The van der Waals surface area contributed by atoms with Crippen molar-refractivity contribution in [2.24, 2.45) is 0 Å². The number of H-pyrrole nitrogens is 1. The lowest BCUT2D eigenvalue weighted by atomic mass is 10.1. The molecule has 0 atom stereocenters. The van der Waals surface area contributed by atoms with Gasteiger partial charge in [0.2, 0.25) is 0 Å².